The fraction of sp³-hybridized carbons (Fsp3) is 0.556. The lowest BCUT2D eigenvalue weighted by atomic mass is 10.3. The van der Waals surface area contributed by atoms with Crippen molar-refractivity contribution in [3.8, 4) is 0 Å². The van der Waals surface area contributed by atoms with Gasteiger partial charge in [0.1, 0.15) is 0 Å². The van der Waals surface area contributed by atoms with Crippen LogP contribution in [0.4, 0.5) is 0 Å². The van der Waals surface area contributed by atoms with Crippen LogP contribution in [-0.2, 0) is 6.54 Å². The lowest BCUT2D eigenvalue weighted by molar-refractivity contribution is 0.549. The van der Waals surface area contributed by atoms with E-state index in [2.05, 4.69) is 15.3 Å². The molecule has 1 atom stereocenters. The second-order valence-corrected chi connectivity index (χ2v) is 3.17. The highest BCUT2D eigenvalue weighted by molar-refractivity contribution is 5.00. The van der Waals surface area contributed by atoms with Crippen LogP contribution in [0.25, 0.3) is 0 Å². The number of rotatable bonds is 4. The molecule has 0 aliphatic heterocycles. The summed E-state index contributed by atoms with van der Waals surface area (Å²) in [6.07, 6.45) is 3.55. The quantitative estimate of drug-likeness (QED) is 0.696. The van der Waals surface area contributed by atoms with Gasteiger partial charge in [0, 0.05) is 31.5 Å². The van der Waals surface area contributed by atoms with Gasteiger partial charge < -0.3 is 11.1 Å². The molecule has 0 saturated carbocycles. The van der Waals surface area contributed by atoms with Gasteiger partial charge >= 0.3 is 0 Å². The highest BCUT2D eigenvalue weighted by Crippen LogP contribution is 1.93. The van der Waals surface area contributed by atoms with Gasteiger partial charge in [-0.25, -0.2) is 0 Å². The van der Waals surface area contributed by atoms with Crippen molar-refractivity contribution in [1.29, 1.82) is 0 Å². The first-order valence-corrected chi connectivity index (χ1v) is 4.43. The number of hydrogen-bond acceptors (Lipinski definition) is 4. The fourth-order valence-electron chi connectivity index (χ4n) is 0.873. The topological polar surface area (TPSA) is 63.8 Å². The number of nitrogens with zero attached hydrogens (tertiary/aromatic N) is 2. The van der Waals surface area contributed by atoms with Gasteiger partial charge in [0.15, 0.2) is 0 Å². The fourth-order valence-corrected chi connectivity index (χ4v) is 0.873. The van der Waals surface area contributed by atoms with E-state index in [1.165, 1.54) is 0 Å². The molecule has 13 heavy (non-hydrogen) atoms. The standard InChI is InChI=1S/C9H16N4/c1-7(3-10)11-5-9-6-12-8(2)4-13-9/h4,6-7,11H,3,5,10H2,1-2H3/t7-/m0/s1. The summed E-state index contributed by atoms with van der Waals surface area (Å²) in [5.74, 6) is 0. The van der Waals surface area contributed by atoms with Crippen molar-refractivity contribution in [3.05, 3.63) is 23.8 Å². The van der Waals surface area contributed by atoms with Crippen LogP contribution in [-0.4, -0.2) is 22.6 Å². The molecule has 0 aliphatic rings. The van der Waals surface area contributed by atoms with E-state index in [1.54, 1.807) is 12.4 Å². The Hall–Kier alpha value is -1.00. The predicted molar refractivity (Wildman–Crippen MR) is 52.1 cm³/mol. The molecule has 1 heterocycles. The second-order valence-electron chi connectivity index (χ2n) is 3.17. The summed E-state index contributed by atoms with van der Waals surface area (Å²) in [5, 5.41) is 3.24. The first-order chi connectivity index (χ1) is 6.22. The number of aryl methyl sites for hydroxylation is 1. The molecule has 0 aliphatic carbocycles. The molecule has 1 rings (SSSR count). The van der Waals surface area contributed by atoms with Gasteiger partial charge in [0.05, 0.1) is 11.4 Å². The number of nitrogens with one attached hydrogen (secondary N) is 1. The molecule has 0 unspecified atom stereocenters. The lowest BCUT2D eigenvalue weighted by Crippen LogP contribution is -2.32. The summed E-state index contributed by atoms with van der Waals surface area (Å²) in [6.45, 7) is 5.33. The summed E-state index contributed by atoms with van der Waals surface area (Å²) in [6, 6.07) is 0.322. The maximum Gasteiger partial charge on any atom is 0.0724 e. The highest BCUT2D eigenvalue weighted by Gasteiger charge is 1.98. The number of nitrogens with two attached hydrogens (primary N) is 1. The first-order valence-electron chi connectivity index (χ1n) is 4.43. The van der Waals surface area contributed by atoms with Crippen LogP contribution in [0.2, 0.25) is 0 Å². The highest BCUT2D eigenvalue weighted by atomic mass is 14.9. The average molecular weight is 180 g/mol. The zero-order chi connectivity index (χ0) is 9.68. The molecule has 0 bridgehead atoms. The second kappa shape index (κ2) is 4.89. The maximum atomic E-state index is 5.46. The Kier molecular flexibility index (Phi) is 3.79. The van der Waals surface area contributed by atoms with Crippen LogP contribution < -0.4 is 11.1 Å². The SMILES string of the molecule is Cc1cnc(CN[C@@H](C)CN)cn1. The molecule has 72 valence electrons. The Morgan fingerprint density at radius 2 is 2.23 bits per heavy atom. The van der Waals surface area contributed by atoms with Crippen molar-refractivity contribution in [2.24, 2.45) is 5.73 Å². The van der Waals surface area contributed by atoms with Crippen LogP contribution in [0.1, 0.15) is 18.3 Å². The van der Waals surface area contributed by atoms with Gasteiger partial charge in [0.2, 0.25) is 0 Å². The van der Waals surface area contributed by atoms with E-state index in [-0.39, 0.29) is 0 Å². The molecule has 4 heteroatoms. The molecule has 4 nitrogen and oxygen atoms in total. The zero-order valence-electron chi connectivity index (χ0n) is 8.12. The molecular formula is C9H16N4. The van der Waals surface area contributed by atoms with E-state index in [9.17, 15) is 0 Å². The Morgan fingerprint density at radius 3 is 2.77 bits per heavy atom. The van der Waals surface area contributed by atoms with Crippen molar-refractivity contribution < 1.29 is 0 Å². The third-order valence-electron chi connectivity index (χ3n) is 1.82. The number of hydrogen-bond donors (Lipinski definition) is 2. The Labute approximate surface area is 78.6 Å². The molecule has 3 N–H and O–H groups in total. The summed E-state index contributed by atoms with van der Waals surface area (Å²) >= 11 is 0. The monoisotopic (exact) mass is 180 g/mol. The number of aromatic nitrogens is 2. The van der Waals surface area contributed by atoms with E-state index in [0.29, 0.717) is 12.6 Å². The average Bonchev–Trinajstić information content (AvgIpc) is 2.16. The zero-order valence-corrected chi connectivity index (χ0v) is 8.12. The summed E-state index contributed by atoms with van der Waals surface area (Å²) in [5.41, 5.74) is 7.35. The summed E-state index contributed by atoms with van der Waals surface area (Å²) in [4.78, 5) is 8.37. The minimum atomic E-state index is 0.322. The predicted octanol–water partition coefficient (Wildman–Crippen LogP) is 0.222. The molecule has 0 fully saturated rings. The van der Waals surface area contributed by atoms with Crippen LogP contribution in [0.3, 0.4) is 0 Å². The minimum absolute atomic E-state index is 0.322. The maximum absolute atomic E-state index is 5.46. The van der Waals surface area contributed by atoms with Crippen LogP contribution in [0.5, 0.6) is 0 Å². The molecule has 0 radical (unpaired) electrons. The largest absolute Gasteiger partial charge is 0.329 e. The van der Waals surface area contributed by atoms with Gasteiger partial charge in [-0.15, -0.1) is 0 Å². The van der Waals surface area contributed by atoms with E-state index >= 15 is 0 Å². The van der Waals surface area contributed by atoms with Crippen molar-refractivity contribution in [2.75, 3.05) is 6.54 Å². The Balaban J connectivity index is 2.41. The molecular weight excluding hydrogens is 164 g/mol. The molecule has 1 aromatic heterocycles. The van der Waals surface area contributed by atoms with Crippen LogP contribution >= 0.6 is 0 Å². The molecule has 1 aromatic rings. The van der Waals surface area contributed by atoms with Gasteiger partial charge in [-0.05, 0) is 13.8 Å². The van der Waals surface area contributed by atoms with Crippen LogP contribution in [0.15, 0.2) is 12.4 Å². The van der Waals surface area contributed by atoms with Gasteiger partial charge in [0.25, 0.3) is 0 Å². The first kappa shape index (κ1) is 10.1. The minimum Gasteiger partial charge on any atom is -0.329 e. The van der Waals surface area contributed by atoms with Crippen molar-refractivity contribution in [2.45, 2.75) is 26.4 Å². The van der Waals surface area contributed by atoms with Crippen LogP contribution in [0, 0.1) is 6.92 Å². The Morgan fingerprint density at radius 1 is 1.46 bits per heavy atom. The van der Waals surface area contributed by atoms with Gasteiger partial charge in [-0.3, -0.25) is 9.97 Å². The van der Waals surface area contributed by atoms with Gasteiger partial charge in [-0.1, -0.05) is 0 Å². The molecule has 0 spiro atoms. The molecule has 0 saturated heterocycles. The molecule has 0 aromatic carbocycles. The van der Waals surface area contributed by atoms with E-state index in [1.807, 2.05) is 13.8 Å². The summed E-state index contributed by atoms with van der Waals surface area (Å²) < 4.78 is 0. The van der Waals surface area contributed by atoms with E-state index in [4.69, 9.17) is 5.73 Å². The van der Waals surface area contributed by atoms with E-state index < -0.39 is 0 Å². The third kappa shape index (κ3) is 3.48. The third-order valence-corrected chi connectivity index (χ3v) is 1.82. The lowest BCUT2D eigenvalue weighted by Gasteiger charge is -2.09. The van der Waals surface area contributed by atoms with E-state index in [0.717, 1.165) is 17.9 Å². The van der Waals surface area contributed by atoms with Gasteiger partial charge in [-0.2, -0.15) is 0 Å². The summed E-state index contributed by atoms with van der Waals surface area (Å²) in [7, 11) is 0. The Bertz CT molecular complexity index is 244. The van der Waals surface area contributed by atoms with Crippen molar-refractivity contribution in [3.63, 3.8) is 0 Å². The van der Waals surface area contributed by atoms with Crippen molar-refractivity contribution >= 4 is 0 Å². The van der Waals surface area contributed by atoms with Crippen molar-refractivity contribution in [1.82, 2.24) is 15.3 Å². The normalized spacial score (nSPS) is 12.8. The molecule has 0 amide bonds. The smallest absolute Gasteiger partial charge is 0.0724 e.